The highest BCUT2D eigenvalue weighted by molar-refractivity contribution is 5.81. The Bertz CT molecular complexity index is 706. The van der Waals surface area contributed by atoms with Crippen molar-refractivity contribution in [3.05, 3.63) is 35.7 Å². The Hall–Kier alpha value is -2.38. The minimum atomic E-state index is -4.39. The van der Waals surface area contributed by atoms with Crippen molar-refractivity contribution in [1.82, 2.24) is 15.5 Å². The summed E-state index contributed by atoms with van der Waals surface area (Å²) in [5, 5.41) is 6.52. The molecule has 1 fully saturated rings. The van der Waals surface area contributed by atoms with Crippen molar-refractivity contribution in [2.75, 3.05) is 0 Å². The van der Waals surface area contributed by atoms with Crippen LogP contribution in [0, 0.1) is 5.92 Å². The molecule has 1 saturated carbocycles. The number of nitrogens with zero attached hydrogens (tertiary/aromatic N) is 2. The molecule has 1 amide bonds. The number of halogens is 3. The van der Waals surface area contributed by atoms with E-state index in [1.807, 2.05) is 0 Å². The smallest absolute Gasteiger partial charge is 0.344 e. The molecule has 3 rings (SSSR count). The average Bonchev–Trinajstić information content (AvgIpc) is 3.23. The molecular weight excluding hydrogens is 311 g/mol. The summed E-state index contributed by atoms with van der Waals surface area (Å²) in [6, 6.07) is 4.04. The van der Waals surface area contributed by atoms with E-state index in [9.17, 15) is 18.0 Å². The maximum absolute atomic E-state index is 12.5. The van der Waals surface area contributed by atoms with Gasteiger partial charge in [-0.3, -0.25) is 4.79 Å². The molecule has 1 heterocycles. The molecule has 1 N–H and O–H groups in total. The zero-order valence-corrected chi connectivity index (χ0v) is 12.2. The van der Waals surface area contributed by atoms with Crippen LogP contribution in [0.25, 0.3) is 11.4 Å². The van der Waals surface area contributed by atoms with Crippen molar-refractivity contribution in [3.8, 4) is 11.4 Å². The van der Waals surface area contributed by atoms with Crippen LogP contribution in [0.5, 0.6) is 0 Å². The van der Waals surface area contributed by atoms with Gasteiger partial charge >= 0.3 is 6.18 Å². The van der Waals surface area contributed by atoms with Gasteiger partial charge < -0.3 is 9.84 Å². The monoisotopic (exact) mass is 325 g/mol. The molecule has 122 valence electrons. The fraction of sp³-hybridized carbons (Fsp3) is 0.400. The SMILES string of the molecule is C[C@H](NC(=O)C1CC1)c1nc(-c2ccc(C(F)(F)F)cc2)no1. The topological polar surface area (TPSA) is 68.0 Å². The van der Waals surface area contributed by atoms with Gasteiger partial charge in [0.1, 0.15) is 6.04 Å². The Labute approximate surface area is 129 Å². The molecule has 0 radical (unpaired) electrons. The maximum Gasteiger partial charge on any atom is 0.416 e. The van der Waals surface area contributed by atoms with Crippen molar-refractivity contribution < 1.29 is 22.5 Å². The van der Waals surface area contributed by atoms with Gasteiger partial charge in [-0.15, -0.1) is 0 Å². The molecule has 0 saturated heterocycles. The van der Waals surface area contributed by atoms with E-state index in [4.69, 9.17) is 4.52 Å². The van der Waals surface area contributed by atoms with Crippen molar-refractivity contribution >= 4 is 5.91 Å². The third-order valence-corrected chi connectivity index (χ3v) is 3.59. The number of benzene rings is 1. The first kappa shape index (κ1) is 15.5. The number of alkyl halides is 3. The van der Waals surface area contributed by atoms with E-state index in [2.05, 4.69) is 15.5 Å². The molecule has 23 heavy (non-hydrogen) atoms. The number of rotatable bonds is 4. The highest BCUT2D eigenvalue weighted by Crippen LogP contribution is 2.31. The summed E-state index contributed by atoms with van der Waals surface area (Å²) in [5.41, 5.74) is -0.330. The van der Waals surface area contributed by atoms with E-state index in [1.165, 1.54) is 12.1 Å². The van der Waals surface area contributed by atoms with Crippen LogP contribution >= 0.6 is 0 Å². The van der Waals surface area contributed by atoms with Gasteiger partial charge in [0.05, 0.1) is 5.56 Å². The molecule has 5 nitrogen and oxygen atoms in total. The molecule has 0 spiro atoms. The second-order valence-electron chi connectivity index (χ2n) is 5.54. The Morgan fingerprint density at radius 1 is 1.30 bits per heavy atom. The number of nitrogens with one attached hydrogen (secondary N) is 1. The molecule has 0 unspecified atom stereocenters. The lowest BCUT2D eigenvalue weighted by atomic mass is 10.1. The summed E-state index contributed by atoms with van der Waals surface area (Å²) in [7, 11) is 0. The fourth-order valence-corrected chi connectivity index (χ4v) is 2.08. The normalized spacial score (nSPS) is 16.2. The molecule has 8 heteroatoms. The minimum Gasteiger partial charge on any atom is -0.344 e. The van der Waals surface area contributed by atoms with Crippen LogP contribution in [-0.2, 0) is 11.0 Å². The summed E-state index contributed by atoms with van der Waals surface area (Å²) >= 11 is 0. The molecule has 1 aliphatic rings. The Morgan fingerprint density at radius 2 is 1.96 bits per heavy atom. The fourth-order valence-electron chi connectivity index (χ4n) is 2.08. The summed E-state index contributed by atoms with van der Waals surface area (Å²) in [5.74, 6) is 0.414. The quantitative estimate of drug-likeness (QED) is 0.936. The predicted octanol–water partition coefficient (Wildman–Crippen LogP) is 3.34. The van der Waals surface area contributed by atoms with E-state index < -0.39 is 17.8 Å². The van der Waals surface area contributed by atoms with Gasteiger partial charge in [0.2, 0.25) is 17.6 Å². The Morgan fingerprint density at radius 3 is 2.52 bits per heavy atom. The first-order valence-corrected chi connectivity index (χ1v) is 7.16. The van der Waals surface area contributed by atoms with Gasteiger partial charge in [-0.25, -0.2) is 0 Å². The van der Waals surface area contributed by atoms with Crippen LogP contribution in [0.4, 0.5) is 13.2 Å². The van der Waals surface area contributed by atoms with Gasteiger partial charge in [0.15, 0.2) is 0 Å². The largest absolute Gasteiger partial charge is 0.416 e. The molecular formula is C15H14F3N3O2. The second kappa shape index (κ2) is 5.68. The number of carbonyl (C=O) groups excluding carboxylic acids is 1. The molecule has 2 aromatic rings. The average molecular weight is 325 g/mol. The molecule has 1 aromatic carbocycles. The van der Waals surface area contributed by atoms with Crippen molar-refractivity contribution in [3.63, 3.8) is 0 Å². The standard InChI is InChI=1S/C15H14F3N3O2/c1-8(19-13(22)10-2-3-10)14-20-12(21-23-14)9-4-6-11(7-5-9)15(16,17)18/h4-8,10H,2-3H2,1H3,(H,19,22)/t8-/m0/s1. The highest BCUT2D eigenvalue weighted by Gasteiger charge is 2.32. The number of hydrogen-bond acceptors (Lipinski definition) is 4. The van der Waals surface area contributed by atoms with Crippen molar-refractivity contribution in [2.45, 2.75) is 32.0 Å². The predicted molar refractivity (Wildman–Crippen MR) is 74.0 cm³/mol. The van der Waals surface area contributed by atoms with E-state index in [0.29, 0.717) is 5.56 Å². The van der Waals surface area contributed by atoms with Crippen LogP contribution in [0.2, 0.25) is 0 Å². The van der Waals surface area contributed by atoms with Crippen molar-refractivity contribution in [1.29, 1.82) is 0 Å². The summed E-state index contributed by atoms with van der Waals surface area (Å²) in [6.45, 7) is 1.71. The lowest BCUT2D eigenvalue weighted by Gasteiger charge is -2.08. The highest BCUT2D eigenvalue weighted by atomic mass is 19.4. The number of aromatic nitrogens is 2. The number of carbonyl (C=O) groups is 1. The van der Waals surface area contributed by atoms with Gasteiger partial charge in [-0.2, -0.15) is 18.2 Å². The zero-order chi connectivity index (χ0) is 16.6. The Balaban J connectivity index is 1.72. The van der Waals surface area contributed by atoms with E-state index in [1.54, 1.807) is 6.92 Å². The van der Waals surface area contributed by atoms with Crippen LogP contribution in [0.15, 0.2) is 28.8 Å². The molecule has 0 bridgehead atoms. The van der Waals surface area contributed by atoms with Crippen LogP contribution in [0.1, 0.15) is 37.3 Å². The molecule has 1 aromatic heterocycles. The zero-order valence-electron chi connectivity index (χ0n) is 12.2. The molecule has 0 aliphatic heterocycles. The van der Waals surface area contributed by atoms with Crippen LogP contribution in [0.3, 0.4) is 0 Å². The second-order valence-corrected chi connectivity index (χ2v) is 5.54. The van der Waals surface area contributed by atoms with Crippen LogP contribution < -0.4 is 5.32 Å². The summed E-state index contributed by atoms with van der Waals surface area (Å²) in [4.78, 5) is 15.8. The van der Waals surface area contributed by atoms with E-state index in [0.717, 1.165) is 25.0 Å². The van der Waals surface area contributed by atoms with Gasteiger partial charge in [0, 0.05) is 11.5 Å². The maximum atomic E-state index is 12.5. The first-order valence-electron chi connectivity index (χ1n) is 7.16. The Kier molecular flexibility index (Phi) is 3.83. The lowest BCUT2D eigenvalue weighted by Crippen LogP contribution is -2.28. The van der Waals surface area contributed by atoms with Gasteiger partial charge in [-0.1, -0.05) is 17.3 Å². The minimum absolute atomic E-state index is 0.0493. The number of hydrogen-bond donors (Lipinski definition) is 1. The lowest BCUT2D eigenvalue weighted by molar-refractivity contribution is -0.137. The third kappa shape index (κ3) is 3.52. The van der Waals surface area contributed by atoms with Crippen LogP contribution in [-0.4, -0.2) is 16.0 Å². The third-order valence-electron chi connectivity index (χ3n) is 3.59. The first-order chi connectivity index (χ1) is 10.8. The molecule has 1 atom stereocenters. The van der Waals surface area contributed by atoms with E-state index >= 15 is 0 Å². The number of amides is 1. The van der Waals surface area contributed by atoms with Gasteiger partial charge in [-0.05, 0) is 31.9 Å². The van der Waals surface area contributed by atoms with Gasteiger partial charge in [0.25, 0.3) is 0 Å². The summed E-state index contributed by atoms with van der Waals surface area (Å²) < 4.78 is 42.7. The molecule has 1 aliphatic carbocycles. The van der Waals surface area contributed by atoms with E-state index in [-0.39, 0.29) is 23.5 Å². The summed E-state index contributed by atoms with van der Waals surface area (Å²) in [6.07, 6.45) is -2.61. The van der Waals surface area contributed by atoms with Crippen molar-refractivity contribution in [2.24, 2.45) is 5.92 Å².